The van der Waals surface area contributed by atoms with Crippen LogP contribution in [0, 0.1) is 11.3 Å². The minimum atomic E-state index is -1.20. The van der Waals surface area contributed by atoms with Crippen molar-refractivity contribution in [2.75, 3.05) is 26.7 Å². The number of unbranched alkanes of at least 4 members (excludes halogenated alkanes) is 1. The van der Waals surface area contributed by atoms with Gasteiger partial charge in [-0.2, -0.15) is 0 Å². The number of aliphatic carboxylic acids is 1. The number of aromatic amines is 1. The molecule has 59 heavy (non-hydrogen) atoms. The summed E-state index contributed by atoms with van der Waals surface area (Å²) in [6, 6.07) is 1.49. The van der Waals surface area contributed by atoms with E-state index in [-0.39, 0.29) is 37.2 Å². The summed E-state index contributed by atoms with van der Waals surface area (Å²) in [6.07, 6.45) is 5.26. The number of guanidine groups is 1. The molecule has 0 aliphatic carbocycles. The Balaban J connectivity index is 1.89. The first-order valence-electron chi connectivity index (χ1n) is 20.6. The minimum absolute atomic E-state index is 0.0208. The number of carboxylic acid groups (broad SMARTS) is 1. The van der Waals surface area contributed by atoms with Crippen LogP contribution in [0.3, 0.4) is 0 Å². The lowest BCUT2D eigenvalue weighted by Crippen LogP contribution is -2.61. The van der Waals surface area contributed by atoms with Crippen molar-refractivity contribution in [1.82, 2.24) is 36.5 Å². The van der Waals surface area contributed by atoms with E-state index < -0.39 is 71.3 Å². The first-order chi connectivity index (χ1) is 27.9. The number of nitrogens with two attached hydrogens (primary N) is 3. The molecule has 6 atom stereocenters. The number of aliphatic imine (C=N–C) groups is 1. The molecule has 18 heteroatoms. The van der Waals surface area contributed by atoms with Crippen molar-refractivity contribution in [2.45, 2.75) is 129 Å². The predicted molar refractivity (Wildman–Crippen MR) is 227 cm³/mol. The van der Waals surface area contributed by atoms with Gasteiger partial charge in [0, 0.05) is 36.6 Å². The highest BCUT2D eigenvalue weighted by Crippen LogP contribution is 2.24. The molecule has 13 N–H and O–H groups in total. The summed E-state index contributed by atoms with van der Waals surface area (Å²) in [5.74, 6) is -3.93. The maximum atomic E-state index is 14.3. The second-order valence-electron chi connectivity index (χ2n) is 16.8. The SMILES string of the molecule is CN[C@@H](CCCN=C(N)N)C(=O)N[C@@H](CCCCN)C(=O)N1CCC[C@H]1C(=O)N[C@@H](Cc1c[nH]c2ccccc12)C(=O)NC(C(=O)N[C@@H](CC(C)C)C(=O)O)C(C)(C)C. The van der Waals surface area contributed by atoms with Crippen molar-refractivity contribution in [2.24, 2.45) is 33.5 Å². The number of nitrogens with one attached hydrogen (secondary N) is 6. The highest BCUT2D eigenvalue weighted by molar-refractivity contribution is 5.97. The van der Waals surface area contributed by atoms with Crippen LogP contribution in [-0.2, 0) is 35.2 Å². The third kappa shape index (κ3) is 14.5. The highest BCUT2D eigenvalue weighted by Gasteiger charge is 2.41. The Labute approximate surface area is 347 Å². The second kappa shape index (κ2) is 22.8. The number of nitrogens with zero attached hydrogens (tertiary/aromatic N) is 2. The molecule has 2 heterocycles. The third-order valence-electron chi connectivity index (χ3n) is 10.5. The molecule has 5 amide bonds. The Morgan fingerprint density at radius 2 is 1.56 bits per heavy atom. The van der Waals surface area contributed by atoms with Crippen molar-refractivity contribution >= 4 is 52.4 Å². The first-order valence-corrected chi connectivity index (χ1v) is 20.6. The maximum absolute atomic E-state index is 14.3. The van der Waals surface area contributed by atoms with Gasteiger partial charge in [0.05, 0.1) is 6.04 Å². The van der Waals surface area contributed by atoms with E-state index in [9.17, 15) is 33.9 Å². The van der Waals surface area contributed by atoms with Gasteiger partial charge in [0.1, 0.15) is 30.2 Å². The molecule has 2 aromatic rings. The van der Waals surface area contributed by atoms with E-state index in [1.165, 1.54) is 4.90 Å². The number of benzene rings is 1. The Morgan fingerprint density at radius 1 is 0.898 bits per heavy atom. The number of likely N-dealkylation sites (tertiary alicyclic amines) is 1. The molecule has 0 bridgehead atoms. The van der Waals surface area contributed by atoms with Gasteiger partial charge in [-0.3, -0.25) is 29.0 Å². The topological polar surface area (TPSA) is 292 Å². The van der Waals surface area contributed by atoms with Crippen molar-refractivity contribution in [3.63, 3.8) is 0 Å². The lowest BCUT2D eigenvalue weighted by molar-refractivity contribution is -0.143. The van der Waals surface area contributed by atoms with Crippen LogP contribution >= 0.6 is 0 Å². The number of hydrogen-bond acceptors (Lipinski definition) is 9. The fraction of sp³-hybridized carbons (Fsp3) is 0.634. The smallest absolute Gasteiger partial charge is 0.326 e. The predicted octanol–water partition coefficient (Wildman–Crippen LogP) is 0.588. The molecule has 1 aliphatic rings. The summed E-state index contributed by atoms with van der Waals surface area (Å²) in [7, 11) is 1.65. The van der Waals surface area contributed by atoms with Crippen molar-refractivity contribution in [1.29, 1.82) is 0 Å². The fourth-order valence-corrected chi connectivity index (χ4v) is 7.30. The van der Waals surface area contributed by atoms with Crippen LogP contribution in [0.2, 0.25) is 0 Å². The average Bonchev–Trinajstić information content (AvgIpc) is 3.83. The number of carbonyl (C=O) groups is 6. The van der Waals surface area contributed by atoms with E-state index in [0.29, 0.717) is 58.0 Å². The van der Waals surface area contributed by atoms with Crippen LogP contribution in [-0.4, -0.2) is 119 Å². The molecule has 1 saturated heterocycles. The van der Waals surface area contributed by atoms with E-state index in [1.54, 1.807) is 34.0 Å². The monoisotopic (exact) mass is 826 g/mol. The molecule has 3 rings (SSSR count). The summed E-state index contributed by atoms with van der Waals surface area (Å²) < 4.78 is 0. The highest BCUT2D eigenvalue weighted by atomic mass is 16.4. The zero-order valence-electron chi connectivity index (χ0n) is 35.4. The van der Waals surface area contributed by atoms with Crippen molar-refractivity contribution in [3.8, 4) is 0 Å². The lowest BCUT2D eigenvalue weighted by atomic mass is 9.85. The first kappa shape index (κ1) is 48.1. The number of carbonyl (C=O) groups excluding carboxylic acids is 5. The van der Waals surface area contributed by atoms with Crippen molar-refractivity contribution in [3.05, 3.63) is 36.0 Å². The maximum Gasteiger partial charge on any atom is 0.326 e. The summed E-state index contributed by atoms with van der Waals surface area (Å²) in [6.45, 7) is 9.95. The molecule has 0 saturated carbocycles. The standard InChI is InChI=1S/C41H67N11O7/c1-24(2)21-31(39(58)59)50-37(56)33(41(3,4)5)51-35(54)30(22-25-23-47-27-14-8-7-13-26(25)27)49-36(55)32-17-12-20-52(32)38(57)29(15-9-10-18-42)48-34(53)28(45-6)16-11-19-46-40(43)44/h7-8,13-14,23-24,28-33,45,47H,9-12,15-22,42H2,1-6H3,(H,48,53)(H,49,55)(H,50,56)(H,51,54)(H,58,59)(H4,43,44,46)/t28-,29-,30-,31-,32-,33?/m0/s1. The molecule has 1 fully saturated rings. The van der Waals surface area contributed by atoms with Crippen LogP contribution in [0.1, 0.15) is 91.5 Å². The van der Waals surface area contributed by atoms with E-state index in [0.717, 1.165) is 16.5 Å². The van der Waals surface area contributed by atoms with Gasteiger partial charge in [-0.05, 0) is 87.9 Å². The van der Waals surface area contributed by atoms with Gasteiger partial charge in [0.15, 0.2) is 5.96 Å². The number of likely N-dealkylation sites (N-methyl/N-ethyl adjacent to an activating group) is 1. The number of carboxylic acids is 1. The molecule has 1 aromatic carbocycles. The largest absolute Gasteiger partial charge is 0.480 e. The summed E-state index contributed by atoms with van der Waals surface area (Å²) in [5.41, 5.74) is 17.3. The van der Waals surface area contributed by atoms with Crippen LogP contribution in [0.25, 0.3) is 10.9 Å². The molecule has 18 nitrogen and oxygen atoms in total. The number of para-hydroxylation sites is 1. The summed E-state index contributed by atoms with van der Waals surface area (Å²) in [5, 5.41) is 24.9. The number of H-pyrrole nitrogens is 1. The van der Waals surface area contributed by atoms with E-state index in [4.69, 9.17) is 17.2 Å². The lowest BCUT2D eigenvalue weighted by Gasteiger charge is -2.33. The molecule has 0 spiro atoms. The van der Waals surface area contributed by atoms with Gasteiger partial charge in [0.25, 0.3) is 0 Å². The molecule has 0 radical (unpaired) electrons. The van der Waals surface area contributed by atoms with Gasteiger partial charge in [-0.25, -0.2) is 4.79 Å². The van der Waals surface area contributed by atoms with E-state index >= 15 is 0 Å². The Kier molecular flexibility index (Phi) is 18.6. The normalized spacial score (nSPS) is 16.7. The van der Waals surface area contributed by atoms with Crippen LogP contribution in [0.5, 0.6) is 0 Å². The number of rotatable bonds is 23. The van der Waals surface area contributed by atoms with E-state index in [2.05, 4.69) is 36.6 Å². The van der Waals surface area contributed by atoms with E-state index in [1.807, 2.05) is 38.1 Å². The Hall–Kier alpha value is -5.23. The number of amides is 5. The number of aromatic nitrogens is 1. The van der Waals surface area contributed by atoms with Gasteiger partial charge < -0.3 is 58.8 Å². The van der Waals surface area contributed by atoms with Gasteiger partial charge >= 0.3 is 5.97 Å². The molecule has 1 aromatic heterocycles. The van der Waals surface area contributed by atoms with Gasteiger partial charge in [-0.1, -0.05) is 52.8 Å². The number of hydrogen-bond donors (Lipinski definition) is 10. The zero-order valence-corrected chi connectivity index (χ0v) is 35.4. The zero-order chi connectivity index (χ0) is 43.9. The molecule has 1 unspecified atom stereocenters. The molecule has 1 aliphatic heterocycles. The second-order valence-corrected chi connectivity index (χ2v) is 16.8. The third-order valence-corrected chi connectivity index (χ3v) is 10.5. The molecular formula is C41H67N11O7. The molecular weight excluding hydrogens is 759 g/mol. The van der Waals surface area contributed by atoms with Crippen LogP contribution < -0.4 is 43.8 Å². The quantitative estimate of drug-likeness (QED) is 0.0420. The average molecular weight is 826 g/mol. The summed E-state index contributed by atoms with van der Waals surface area (Å²) >= 11 is 0. The van der Waals surface area contributed by atoms with Gasteiger partial charge in [0.2, 0.25) is 29.5 Å². The molecule has 328 valence electrons. The van der Waals surface area contributed by atoms with Gasteiger partial charge in [-0.15, -0.1) is 0 Å². The fourth-order valence-electron chi connectivity index (χ4n) is 7.30. The Morgan fingerprint density at radius 3 is 2.19 bits per heavy atom. The Bertz CT molecular complexity index is 1770. The van der Waals surface area contributed by atoms with Crippen LogP contribution in [0.4, 0.5) is 0 Å². The van der Waals surface area contributed by atoms with Crippen molar-refractivity contribution < 1.29 is 33.9 Å². The van der Waals surface area contributed by atoms with Crippen LogP contribution in [0.15, 0.2) is 35.5 Å². The number of fused-ring (bicyclic) bond motifs is 1. The minimum Gasteiger partial charge on any atom is -0.480 e. The summed E-state index contributed by atoms with van der Waals surface area (Å²) in [4.78, 5) is 90.7.